The van der Waals surface area contributed by atoms with Crippen molar-refractivity contribution >= 4 is 23.2 Å². The summed E-state index contributed by atoms with van der Waals surface area (Å²) in [6, 6.07) is 13.4. The number of anilines is 2. The predicted molar refractivity (Wildman–Crippen MR) is 123 cm³/mol. The molecule has 0 radical (unpaired) electrons. The molecule has 172 valence electrons. The van der Waals surface area contributed by atoms with E-state index in [1.54, 1.807) is 23.6 Å². The minimum absolute atomic E-state index is 0.102. The molecule has 9 heteroatoms. The maximum atomic E-state index is 13.3. The molecule has 33 heavy (non-hydrogen) atoms. The Morgan fingerprint density at radius 2 is 1.73 bits per heavy atom. The van der Waals surface area contributed by atoms with Crippen molar-refractivity contribution < 1.29 is 18.7 Å². The van der Waals surface area contributed by atoms with Crippen molar-refractivity contribution in [2.75, 3.05) is 49.6 Å². The zero-order valence-electron chi connectivity index (χ0n) is 18.4. The highest BCUT2D eigenvalue weighted by molar-refractivity contribution is 5.98. The van der Waals surface area contributed by atoms with E-state index in [0.717, 1.165) is 18.8 Å². The van der Waals surface area contributed by atoms with Gasteiger partial charge in [0.15, 0.2) is 0 Å². The van der Waals surface area contributed by atoms with Crippen LogP contribution in [0.3, 0.4) is 0 Å². The Kier molecular flexibility index (Phi) is 6.99. The molecular formula is C24H26FN5O3. The molecular weight excluding hydrogens is 425 g/mol. The number of halogens is 1. The van der Waals surface area contributed by atoms with Gasteiger partial charge in [-0.25, -0.2) is 9.37 Å². The third kappa shape index (κ3) is 5.38. The fourth-order valence-corrected chi connectivity index (χ4v) is 3.70. The number of imidazole rings is 1. The van der Waals surface area contributed by atoms with Crippen LogP contribution in [0.4, 0.5) is 15.8 Å². The molecule has 2 amide bonds. The SMILES string of the molecule is CCN(CC(=O)Nc1ccc(N2CCOCC2)cc1)C(=O)c1cncn1-c1ccc(F)cc1. The first-order valence-electron chi connectivity index (χ1n) is 10.9. The second-order valence-electron chi connectivity index (χ2n) is 7.64. The van der Waals surface area contributed by atoms with E-state index < -0.39 is 0 Å². The van der Waals surface area contributed by atoms with Crippen LogP contribution in [0.25, 0.3) is 5.69 Å². The molecule has 1 N–H and O–H groups in total. The lowest BCUT2D eigenvalue weighted by atomic mass is 10.2. The van der Waals surface area contributed by atoms with E-state index in [4.69, 9.17) is 4.74 Å². The van der Waals surface area contributed by atoms with Gasteiger partial charge in [-0.1, -0.05) is 0 Å². The molecule has 8 nitrogen and oxygen atoms in total. The van der Waals surface area contributed by atoms with Crippen molar-refractivity contribution in [3.8, 4) is 5.69 Å². The van der Waals surface area contributed by atoms with Gasteiger partial charge in [-0.15, -0.1) is 0 Å². The van der Waals surface area contributed by atoms with Crippen LogP contribution in [0.5, 0.6) is 0 Å². The lowest BCUT2D eigenvalue weighted by Crippen LogP contribution is -2.38. The highest BCUT2D eigenvalue weighted by Crippen LogP contribution is 2.19. The number of hydrogen-bond acceptors (Lipinski definition) is 5. The summed E-state index contributed by atoms with van der Waals surface area (Å²) < 4.78 is 20.2. The van der Waals surface area contributed by atoms with Crippen molar-refractivity contribution in [2.45, 2.75) is 6.92 Å². The van der Waals surface area contributed by atoms with Crippen LogP contribution >= 0.6 is 0 Å². The van der Waals surface area contributed by atoms with Crippen LogP contribution in [0.1, 0.15) is 17.4 Å². The zero-order valence-corrected chi connectivity index (χ0v) is 18.4. The van der Waals surface area contributed by atoms with Gasteiger partial charge in [0, 0.05) is 36.7 Å². The molecule has 0 unspecified atom stereocenters. The lowest BCUT2D eigenvalue weighted by Gasteiger charge is -2.29. The molecule has 3 aromatic rings. The zero-order chi connectivity index (χ0) is 23.2. The number of carbonyl (C=O) groups is 2. The van der Waals surface area contributed by atoms with Gasteiger partial charge in [-0.05, 0) is 55.5 Å². The van der Waals surface area contributed by atoms with Gasteiger partial charge in [-0.2, -0.15) is 0 Å². The summed E-state index contributed by atoms with van der Waals surface area (Å²) in [6.07, 6.45) is 2.93. The fraction of sp³-hybridized carbons (Fsp3) is 0.292. The maximum Gasteiger partial charge on any atom is 0.272 e. The molecule has 1 aromatic heterocycles. The Hall–Kier alpha value is -3.72. The number of likely N-dealkylation sites (N-methyl/N-ethyl adjacent to an activating group) is 1. The van der Waals surface area contributed by atoms with E-state index in [9.17, 15) is 14.0 Å². The third-order valence-electron chi connectivity index (χ3n) is 5.49. The van der Waals surface area contributed by atoms with Gasteiger partial charge in [0.05, 0.1) is 25.7 Å². The predicted octanol–water partition coefficient (Wildman–Crippen LogP) is 2.95. The van der Waals surface area contributed by atoms with E-state index in [2.05, 4.69) is 15.2 Å². The Labute approximate surface area is 191 Å². The summed E-state index contributed by atoms with van der Waals surface area (Å²) in [5.74, 6) is -0.995. The Morgan fingerprint density at radius 3 is 2.39 bits per heavy atom. The smallest absolute Gasteiger partial charge is 0.272 e. The number of nitrogens with one attached hydrogen (secondary N) is 1. The van der Waals surface area contributed by atoms with Crippen molar-refractivity contribution in [1.82, 2.24) is 14.5 Å². The molecule has 1 aliphatic rings. The van der Waals surface area contributed by atoms with Gasteiger partial charge in [-0.3, -0.25) is 14.2 Å². The first-order valence-corrected chi connectivity index (χ1v) is 10.9. The third-order valence-corrected chi connectivity index (χ3v) is 5.49. The maximum absolute atomic E-state index is 13.3. The minimum atomic E-state index is -0.364. The second kappa shape index (κ2) is 10.3. The highest BCUT2D eigenvalue weighted by Gasteiger charge is 2.21. The van der Waals surface area contributed by atoms with Crippen molar-refractivity contribution in [1.29, 1.82) is 0 Å². The average Bonchev–Trinajstić information content (AvgIpc) is 3.33. The molecule has 1 fully saturated rings. The summed E-state index contributed by atoms with van der Waals surface area (Å²) in [5, 5.41) is 2.85. The summed E-state index contributed by atoms with van der Waals surface area (Å²) in [4.78, 5) is 33.5. The molecule has 0 atom stereocenters. The van der Waals surface area contributed by atoms with E-state index in [-0.39, 0.29) is 24.2 Å². The Morgan fingerprint density at radius 1 is 1.06 bits per heavy atom. The Bertz CT molecular complexity index is 1090. The number of benzene rings is 2. The summed E-state index contributed by atoms with van der Waals surface area (Å²) in [7, 11) is 0. The van der Waals surface area contributed by atoms with E-state index in [0.29, 0.717) is 36.8 Å². The molecule has 0 saturated carbocycles. The van der Waals surface area contributed by atoms with Crippen molar-refractivity contribution in [3.63, 3.8) is 0 Å². The van der Waals surface area contributed by atoms with Crippen LogP contribution in [0.15, 0.2) is 61.1 Å². The quantitative estimate of drug-likeness (QED) is 0.598. The lowest BCUT2D eigenvalue weighted by molar-refractivity contribution is -0.116. The highest BCUT2D eigenvalue weighted by atomic mass is 19.1. The average molecular weight is 452 g/mol. The summed E-state index contributed by atoms with van der Waals surface area (Å²) in [5.41, 5.74) is 2.65. The van der Waals surface area contributed by atoms with Crippen LogP contribution in [-0.2, 0) is 9.53 Å². The molecule has 2 heterocycles. The number of nitrogens with zero attached hydrogens (tertiary/aromatic N) is 4. The number of ether oxygens (including phenoxy) is 1. The van der Waals surface area contributed by atoms with Crippen molar-refractivity contribution in [3.05, 3.63) is 72.6 Å². The van der Waals surface area contributed by atoms with Crippen molar-refractivity contribution in [2.24, 2.45) is 0 Å². The molecule has 2 aromatic carbocycles. The van der Waals surface area contributed by atoms with Gasteiger partial charge >= 0.3 is 0 Å². The fourth-order valence-electron chi connectivity index (χ4n) is 3.70. The molecule has 4 rings (SSSR count). The molecule has 0 spiro atoms. The topological polar surface area (TPSA) is 79.7 Å². The monoisotopic (exact) mass is 451 g/mol. The van der Waals surface area contributed by atoms with E-state index in [1.807, 2.05) is 24.3 Å². The first-order chi connectivity index (χ1) is 16.0. The largest absolute Gasteiger partial charge is 0.378 e. The van der Waals surface area contributed by atoms with Gasteiger partial charge in [0.25, 0.3) is 5.91 Å². The van der Waals surface area contributed by atoms with Crippen LogP contribution in [0.2, 0.25) is 0 Å². The normalized spacial score (nSPS) is 13.6. The first kappa shape index (κ1) is 22.5. The van der Waals surface area contributed by atoms with Crippen LogP contribution < -0.4 is 10.2 Å². The number of rotatable bonds is 7. The molecule has 0 aliphatic carbocycles. The number of aromatic nitrogens is 2. The number of hydrogen-bond donors (Lipinski definition) is 1. The van der Waals surface area contributed by atoms with E-state index in [1.165, 1.54) is 29.6 Å². The Balaban J connectivity index is 1.39. The van der Waals surface area contributed by atoms with Gasteiger partial charge in [0.2, 0.25) is 5.91 Å². The minimum Gasteiger partial charge on any atom is -0.378 e. The second-order valence-corrected chi connectivity index (χ2v) is 7.64. The van der Waals surface area contributed by atoms with Crippen LogP contribution in [0, 0.1) is 5.82 Å². The van der Waals surface area contributed by atoms with Gasteiger partial charge < -0.3 is 19.9 Å². The molecule has 1 aliphatic heterocycles. The molecule has 1 saturated heterocycles. The summed E-state index contributed by atoms with van der Waals surface area (Å²) >= 11 is 0. The number of carbonyl (C=O) groups excluding carboxylic acids is 2. The number of amides is 2. The van der Waals surface area contributed by atoms with E-state index >= 15 is 0 Å². The summed E-state index contributed by atoms with van der Waals surface area (Å²) in [6.45, 7) is 5.15. The standard InChI is InChI=1S/C24H26FN5O3/c1-2-28(24(32)22-15-26-17-30(22)21-7-3-18(25)4-8-21)16-23(31)27-19-5-9-20(10-6-19)29-11-13-33-14-12-29/h3-10,15,17H,2,11-14,16H2,1H3,(H,27,31). The number of morpholine rings is 1. The van der Waals surface area contributed by atoms with Gasteiger partial charge in [0.1, 0.15) is 18.1 Å². The van der Waals surface area contributed by atoms with Crippen LogP contribution in [-0.4, -0.2) is 65.7 Å². The molecule has 0 bridgehead atoms.